The Labute approximate surface area is 140 Å². The molecule has 0 radical (unpaired) electrons. The van der Waals surface area contributed by atoms with Gasteiger partial charge < -0.3 is 15.0 Å². The van der Waals surface area contributed by atoms with Gasteiger partial charge in [0.15, 0.2) is 5.96 Å². The third-order valence-electron chi connectivity index (χ3n) is 5.22. The van der Waals surface area contributed by atoms with Crippen LogP contribution in [-0.2, 0) is 4.74 Å². The second-order valence-electron chi connectivity index (χ2n) is 7.10. The Morgan fingerprint density at radius 2 is 2.23 bits per heavy atom. The number of nitrogens with one attached hydrogen (secondary N) is 1. The summed E-state index contributed by atoms with van der Waals surface area (Å²) in [7, 11) is 3.72. The van der Waals surface area contributed by atoms with Gasteiger partial charge in [0.2, 0.25) is 0 Å². The molecule has 22 heavy (non-hydrogen) atoms. The smallest absolute Gasteiger partial charge is 0.193 e. The van der Waals surface area contributed by atoms with Gasteiger partial charge in [0, 0.05) is 51.4 Å². The highest BCUT2D eigenvalue weighted by atomic mass is 32.2. The van der Waals surface area contributed by atoms with Crippen LogP contribution in [-0.4, -0.2) is 62.3 Å². The fourth-order valence-corrected chi connectivity index (χ4v) is 4.68. The number of hydrogen-bond acceptors (Lipinski definition) is 3. The predicted molar refractivity (Wildman–Crippen MR) is 96.8 cm³/mol. The zero-order chi connectivity index (χ0) is 16.0. The third-order valence-corrected chi connectivity index (χ3v) is 6.76. The standard InChI is InChI=1S/C17H33N3OS/c1-14(2)15-12-20(9-11-22-15)16(18-3)19-13-17(6-5-7-17)8-10-21-4/h14-15H,5-13H2,1-4H3,(H,18,19). The number of ether oxygens (including phenoxy) is 1. The minimum absolute atomic E-state index is 0.438. The first-order valence-electron chi connectivity index (χ1n) is 8.66. The molecule has 0 bridgehead atoms. The van der Waals surface area contributed by atoms with E-state index in [0.29, 0.717) is 5.41 Å². The van der Waals surface area contributed by atoms with Gasteiger partial charge in [0.1, 0.15) is 0 Å². The maximum atomic E-state index is 5.29. The van der Waals surface area contributed by atoms with Gasteiger partial charge in [-0.25, -0.2) is 0 Å². The quantitative estimate of drug-likeness (QED) is 0.601. The van der Waals surface area contributed by atoms with Crippen molar-refractivity contribution in [1.29, 1.82) is 0 Å². The maximum absolute atomic E-state index is 5.29. The summed E-state index contributed by atoms with van der Waals surface area (Å²) < 4.78 is 5.29. The van der Waals surface area contributed by atoms with Crippen molar-refractivity contribution in [3.05, 3.63) is 0 Å². The minimum atomic E-state index is 0.438. The molecule has 1 heterocycles. The van der Waals surface area contributed by atoms with E-state index < -0.39 is 0 Å². The summed E-state index contributed by atoms with van der Waals surface area (Å²) in [5, 5.41) is 4.38. The van der Waals surface area contributed by atoms with Crippen molar-refractivity contribution >= 4 is 17.7 Å². The van der Waals surface area contributed by atoms with E-state index in [1.54, 1.807) is 7.11 Å². The van der Waals surface area contributed by atoms with E-state index in [0.717, 1.165) is 49.8 Å². The molecule has 2 fully saturated rings. The van der Waals surface area contributed by atoms with Gasteiger partial charge in [-0.15, -0.1) is 0 Å². The number of nitrogens with zero attached hydrogens (tertiary/aromatic N) is 2. The van der Waals surface area contributed by atoms with Gasteiger partial charge in [0.25, 0.3) is 0 Å². The molecule has 1 unspecified atom stereocenters. The van der Waals surface area contributed by atoms with Crippen molar-refractivity contribution < 1.29 is 4.74 Å². The van der Waals surface area contributed by atoms with E-state index >= 15 is 0 Å². The number of rotatable bonds is 6. The van der Waals surface area contributed by atoms with E-state index in [9.17, 15) is 0 Å². The summed E-state index contributed by atoms with van der Waals surface area (Å²) in [4.78, 5) is 6.99. The van der Waals surface area contributed by atoms with Gasteiger partial charge in [-0.2, -0.15) is 11.8 Å². The highest BCUT2D eigenvalue weighted by molar-refractivity contribution is 8.00. The molecule has 1 N–H and O–H groups in total. The average molecular weight is 328 g/mol. The SMILES string of the molecule is CN=C(NCC1(CCOC)CCC1)N1CCSC(C(C)C)C1. The van der Waals surface area contributed by atoms with Crippen molar-refractivity contribution in [3.8, 4) is 0 Å². The van der Waals surface area contributed by atoms with E-state index in [4.69, 9.17) is 4.74 Å². The topological polar surface area (TPSA) is 36.9 Å². The number of hydrogen-bond donors (Lipinski definition) is 1. The van der Waals surface area contributed by atoms with Crippen LogP contribution in [0, 0.1) is 11.3 Å². The molecule has 0 aromatic carbocycles. The van der Waals surface area contributed by atoms with Crippen LogP contribution in [0.1, 0.15) is 39.5 Å². The van der Waals surface area contributed by atoms with Crippen LogP contribution in [0.4, 0.5) is 0 Å². The van der Waals surface area contributed by atoms with Crippen molar-refractivity contribution in [1.82, 2.24) is 10.2 Å². The van der Waals surface area contributed by atoms with Gasteiger partial charge in [-0.3, -0.25) is 4.99 Å². The second kappa shape index (κ2) is 8.44. The Morgan fingerprint density at radius 1 is 1.45 bits per heavy atom. The van der Waals surface area contributed by atoms with Crippen LogP contribution in [0.15, 0.2) is 4.99 Å². The molecule has 0 aromatic rings. The van der Waals surface area contributed by atoms with E-state index in [2.05, 4.69) is 40.8 Å². The van der Waals surface area contributed by atoms with Crippen molar-refractivity contribution in [2.24, 2.45) is 16.3 Å². The summed E-state index contributed by atoms with van der Waals surface area (Å²) in [6.07, 6.45) is 5.17. The minimum Gasteiger partial charge on any atom is -0.385 e. The lowest BCUT2D eigenvalue weighted by Crippen LogP contribution is -2.52. The first kappa shape index (κ1) is 17.9. The van der Waals surface area contributed by atoms with Crippen LogP contribution in [0.25, 0.3) is 0 Å². The Morgan fingerprint density at radius 3 is 2.77 bits per heavy atom. The Kier molecular flexibility index (Phi) is 6.87. The zero-order valence-corrected chi connectivity index (χ0v) is 15.5. The van der Waals surface area contributed by atoms with Crippen molar-refractivity contribution in [2.45, 2.75) is 44.8 Å². The van der Waals surface area contributed by atoms with Gasteiger partial charge >= 0.3 is 0 Å². The molecule has 5 heteroatoms. The summed E-state index contributed by atoms with van der Waals surface area (Å²) in [6, 6.07) is 0. The molecule has 1 saturated heterocycles. The van der Waals surface area contributed by atoms with Crippen LogP contribution < -0.4 is 5.32 Å². The molecule has 1 aliphatic heterocycles. The molecule has 2 aliphatic rings. The average Bonchev–Trinajstić information content (AvgIpc) is 2.49. The lowest BCUT2D eigenvalue weighted by atomic mass is 9.67. The van der Waals surface area contributed by atoms with Gasteiger partial charge in [0.05, 0.1) is 0 Å². The summed E-state index contributed by atoms with van der Waals surface area (Å²) in [5.74, 6) is 3.03. The van der Waals surface area contributed by atoms with Gasteiger partial charge in [-0.05, 0) is 30.6 Å². The largest absolute Gasteiger partial charge is 0.385 e. The molecule has 4 nitrogen and oxygen atoms in total. The van der Waals surface area contributed by atoms with E-state index in [1.807, 2.05) is 7.05 Å². The molecule has 0 spiro atoms. The monoisotopic (exact) mass is 327 g/mol. The first-order chi connectivity index (χ1) is 10.6. The Balaban J connectivity index is 1.86. The van der Waals surface area contributed by atoms with Crippen molar-refractivity contribution in [2.75, 3.05) is 46.2 Å². The van der Waals surface area contributed by atoms with Crippen LogP contribution in [0.2, 0.25) is 0 Å². The van der Waals surface area contributed by atoms with Crippen LogP contribution in [0.3, 0.4) is 0 Å². The molecule has 2 rings (SSSR count). The predicted octanol–water partition coefficient (Wildman–Crippen LogP) is 2.84. The zero-order valence-electron chi connectivity index (χ0n) is 14.7. The first-order valence-corrected chi connectivity index (χ1v) is 9.71. The summed E-state index contributed by atoms with van der Waals surface area (Å²) in [5.41, 5.74) is 0.438. The molecule has 1 aliphatic carbocycles. The summed E-state index contributed by atoms with van der Waals surface area (Å²) in [6.45, 7) is 8.79. The van der Waals surface area contributed by atoms with Crippen molar-refractivity contribution in [3.63, 3.8) is 0 Å². The fourth-order valence-electron chi connectivity index (χ4n) is 3.38. The normalized spacial score (nSPS) is 25.2. The number of thioether (sulfide) groups is 1. The molecule has 0 aromatic heterocycles. The maximum Gasteiger partial charge on any atom is 0.193 e. The molecule has 128 valence electrons. The number of methoxy groups -OCH3 is 1. The Bertz CT molecular complexity index is 369. The third kappa shape index (κ3) is 4.54. The van der Waals surface area contributed by atoms with E-state index in [1.165, 1.54) is 25.0 Å². The summed E-state index contributed by atoms with van der Waals surface area (Å²) >= 11 is 2.11. The highest BCUT2D eigenvalue weighted by Gasteiger charge is 2.37. The molecule has 1 atom stereocenters. The Hall–Kier alpha value is -0.420. The molecular weight excluding hydrogens is 294 g/mol. The van der Waals surface area contributed by atoms with E-state index in [-0.39, 0.29) is 0 Å². The van der Waals surface area contributed by atoms with Gasteiger partial charge in [-0.1, -0.05) is 20.3 Å². The lowest BCUT2D eigenvalue weighted by molar-refractivity contribution is 0.0726. The molecule has 0 amide bonds. The fraction of sp³-hybridized carbons (Fsp3) is 0.941. The van der Waals surface area contributed by atoms with Crippen LogP contribution >= 0.6 is 11.8 Å². The molecular formula is C17H33N3OS. The number of guanidine groups is 1. The number of aliphatic imine (C=N–C) groups is 1. The molecule has 1 saturated carbocycles. The highest BCUT2D eigenvalue weighted by Crippen LogP contribution is 2.43. The van der Waals surface area contributed by atoms with Crippen LogP contribution in [0.5, 0.6) is 0 Å². The lowest BCUT2D eigenvalue weighted by Gasteiger charge is -2.43. The second-order valence-corrected chi connectivity index (χ2v) is 8.44.